The topological polar surface area (TPSA) is 76.3 Å². The maximum Gasteiger partial charge on any atom is 0.251 e. The summed E-state index contributed by atoms with van der Waals surface area (Å²) in [5.74, 6) is 0.488. The van der Waals surface area contributed by atoms with Crippen molar-refractivity contribution in [2.24, 2.45) is 0 Å². The maximum atomic E-state index is 12.3. The highest BCUT2D eigenvalue weighted by Crippen LogP contribution is 2.15. The van der Waals surface area contributed by atoms with Crippen LogP contribution < -0.4 is 10.6 Å². The lowest BCUT2D eigenvalue weighted by Gasteiger charge is -2.09. The number of hydrogen-bond donors (Lipinski definition) is 2. The van der Waals surface area contributed by atoms with Gasteiger partial charge in [-0.05, 0) is 47.3 Å². The monoisotopic (exact) mass is 401 g/mol. The van der Waals surface area contributed by atoms with Crippen LogP contribution in [0.4, 0.5) is 0 Å². The minimum Gasteiger partial charge on any atom is -0.467 e. The molecule has 2 aromatic carbocycles. The number of hydrogen-bond acceptors (Lipinski definition) is 3. The van der Waals surface area contributed by atoms with E-state index >= 15 is 0 Å². The van der Waals surface area contributed by atoms with Crippen LogP contribution in [0.5, 0.6) is 0 Å². The summed E-state index contributed by atoms with van der Waals surface area (Å²) in [6.07, 6.45) is 3.97. The average molecular weight is 401 g/mol. The highest BCUT2D eigenvalue weighted by atomic mass is 16.3. The van der Waals surface area contributed by atoms with E-state index in [1.807, 2.05) is 36.5 Å². The molecule has 0 aliphatic rings. The number of aromatic nitrogens is 1. The van der Waals surface area contributed by atoms with Crippen molar-refractivity contribution in [1.29, 1.82) is 0 Å². The summed E-state index contributed by atoms with van der Waals surface area (Å²) in [6.45, 7) is 1.33. The molecule has 4 rings (SSSR count). The summed E-state index contributed by atoms with van der Waals surface area (Å²) in [5.41, 5.74) is 2.55. The summed E-state index contributed by atoms with van der Waals surface area (Å²) in [4.78, 5) is 24.6. The molecule has 4 aromatic rings. The van der Waals surface area contributed by atoms with E-state index in [0.29, 0.717) is 37.4 Å². The number of fused-ring (bicyclic) bond motifs is 1. The van der Waals surface area contributed by atoms with Crippen molar-refractivity contribution in [1.82, 2.24) is 15.2 Å². The summed E-state index contributed by atoms with van der Waals surface area (Å²) in [7, 11) is 0. The number of carbonyl (C=O) groups is 2. The van der Waals surface area contributed by atoms with Crippen LogP contribution in [0.2, 0.25) is 0 Å². The number of carbonyl (C=O) groups excluding carboxylic acids is 2. The van der Waals surface area contributed by atoms with E-state index in [2.05, 4.69) is 33.4 Å². The van der Waals surface area contributed by atoms with Gasteiger partial charge in [0.25, 0.3) is 5.91 Å². The van der Waals surface area contributed by atoms with Gasteiger partial charge in [-0.1, -0.05) is 30.3 Å². The SMILES string of the molecule is O=C(CCn1ccc2ccccc21)NCc1cccc(C(=O)NCc2ccco2)c1. The maximum absolute atomic E-state index is 12.3. The van der Waals surface area contributed by atoms with Crippen molar-refractivity contribution >= 4 is 22.7 Å². The molecule has 6 nitrogen and oxygen atoms in total. The van der Waals surface area contributed by atoms with Gasteiger partial charge in [0.2, 0.25) is 5.91 Å². The van der Waals surface area contributed by atoms with E-state index in [1.54, 1.807) is 24.5 Å². The van der Waals surface area contributed by atoms with E-state index in [9.17, 15) is 9.59 Å². The number of aryl methyl sites for hydroxylation is 1. The highest BCUT2D eigenvalue weighted by molar-refractivity contribution is 5.94. The second kappa shape index (κ2) is 9.13. The first-order valence-corrected chi connectivity index (χ1v) is 9.89. The molecule has 30 heavy (non-hydrogen) atoms. The molecule has 2 N–H and O–H groups in total. The molecule has 0 unspecified atom stereocenters. The van der Waals surface area contributed by atoms with Gasteiger partial charge >= 0.3 is 0 Å². The minimum absolute atomic E-state index is 0.0274. The first kappa shape index (κ1) is 19.5. The van der Waals surface area contributed by atoms with E-state index < -0.39 is 0 Å². The van der Waals surface area contributed by atoms with Gasteiger partial charge in [-0.3, -0.25) is 9.59 Å². The Morgan fingerprint density at radius 1 is 0.900 bits per heavy atom. The lowest BCUT2D eigenvalue weighted by molar-refractivity contribution is -0.121. The molecule has 2 heterocycles. The third kappa shape index (κ3) is 4.78. The third-order valence-corrected chi connectivity index (χ3v) is 4.94. The summed E-state index contributed by atoms with van der Waals surface area (Å²) in [5, 5.41) is 6.92. The van der Waals surface area contributed by atoms with E-state index in [1.165, 1.54) is 5.39 Å². The van der Waals surface area contributed by atoms with Crippen molar-refractivity contribution in [2.75, 3.05) is 0 Å². The van der Waals surface area contributed by atoms with Gasteiger partial charge in [-0.2, -0.15) is 0 Å². The van der Waals surface area contributed by atoms with Crippen LogP contribution >= 0.6 is 0 Å². The zero-order valence-electron chi connectivity index (χ0n) is 16.5. The number of rotatable bonds is 8. The second-order valence-corrected chi connectivity index (χ2v) is 7.06. The fourth-order valence-electron chi connectivity index (χ4n) is 3.35. The van der Waals surface area contributed by atoms with Crippen molar-refractivity contribution in [3.05, 3.63) is 96.1 Å². The van der Waals surface area contributed by atoms with Crippen LogP contribution in [-0.2, 0) is 24.4 Å². The van der Waals surface area contributed by atoms with Crippen molar-refractivity contribution in [3.63, 3.8) is 0 Å². The smallest absolute Gasteiger partial charge is 0.251 e. The van der Waals surface area contributed by atoms with Crippen LogP contribution in [0.25, 0.3) is 10.9 Å². The lowest BCUT2D eigenvalue weighted by atomic mass is 10.1. The standard InChI is InChI=1S/C24H23N3O3/c28-23(11-13-27-12-10-19-6-1-2-9-22(19)27)25-16-18-5-3-7-20(15-18)24(29)26-17-21-8-4-14-30-21/h1-10,12,14-15H,11,13,16-17H2,(H,25,28)(H,26,29). The van der Waals surface area contributed by atoms with E-state index in [4.69, 9.17) is 4.42 Å². The molecule has 2 aromatic heterocycles. The van der Waals surface area contributed by atoms with Gasteiger partial charge in [-0.25, -0.2) is 0 Å². The first-order chi connectivity index (χ1) is 14.7. The fraction of sp³-hybridized carbons (Fsp3) is 0.167. The normalized spacial score (nSPS) is 10.8. The Bertz CT molecular complexity index is 1150. The van der Waals surface area contributed by atoms with Crippen LogP contribution in [-0.4, -0.2) is 16.4 Å². The molecule has 152 valence electrons. The molecule has 0 fully saturated rings. The number of amides is 2. The Labute approximate surface area is 174 Å². The van der Waals surface area contributed by atoms with Crippen molar-refractivity contribution in [2.45, 2.75) is 26.1 Å². The Hall–Kier alpha value is -3.80. The minimum atomic E-state index is -0.181. The molecule has 0 aliphatic heterocycles. The van der Waals surface area contributed by atoms with Gasteiger partial charge in [0.05, 0.1) is 12.8 Å². The predicted octanol–water partition coefficient (Wildman–Crippen LogP) is 3.87. The number of para-hydroxylation sites is 1. The van der Waals surface area contributed by atoms with E-state index in [-0.39, 0.29) is 11.8 Å². The molecule has 6 heteroatoms. The molecule has 0 bridgehead atoms. The molecule has 0 atom stereocenters. The predicted molar refractivity (Wildman–Crippen MR) is 115 cm³/mol. The van der Waals surface area contributed by atoms with Crippen LogP contribution in [0.3, 0.4) is 0 Å². The van der Waals surface area contributed by atoms with Gasteiger partial charge in [0.1, 0.15) is 5.76 Å². The average Bonchev–Trinajstić information content (AvgIpc) is 3.45. The quantitative estimate of drug-likeness (QED) is 0.471. The molecular formula is C24H23N3O3. The number of benzene rings is 2. The van der Waals surface area contributed by atoms with Crippen molar-refractivity contribution < 1.29 is 14.0 Å². The van der Waals surface area contributed by atoms with Crippen LogP contribution in [0.1, 0.15) is 28.1 Å². The fourth-order valence-corrected chi connectivity index (χ4v) is 3.35. The Kier molecular flexibility index (Phi) is 5.94. The lowest BCUT2D eigenvalue weighted by Crippen LogP contribution is -2.25. The molecule has 0 radical (unpaired) electrons. The van der Waals surface area contributed by atoms with Crippen LogP contribution in [0, 0.1) is 0 Å². The number of furan rings is 1. The second-order valence-electron chi connectivity index (χ2n) is 7.06. The Balaban J connectivity index is 1.27. The van der Waals surface area contributed by atoms with Gasteiger partial charge in [-0.15, -0.1) is 0 Å². The molecule has 0 saturated carbocycles. The zero-order chi connectivity index (χ0) is 20.8. The van der Waals surface area contributed by atoms with Crippen molar-refractivity contribution in [3.8, 4) is 0 Å². The highest BCUT2D eigenvalue weighted by Gasteiger charge is 2.08. The van der Waals surface area contributed by atoms with Gasteiger partial charge < -0.3 is 19.6 Å². The van der Waals surface area contributed by atoms with Crippen LogP contribution in [0.15, 0.2) is 83.6 Å². The number of nitrogens with one attached hydrogen (secondary N) is 2. The number of nitrogens with zero attached hydrogens (tertiary/aromatic N) is 1. The van der Waals surface area contributed by atoms with E-state index in [0.717, 1.165) is 11.1 Å². The largest absolute Gasteiger partial charge is 0.467 e. The van der Waals surface area contributed by atoms with Gasteiger partial charge in [0, 0.05) is 36.8 Å². The summed E-state index contributed by atoms with van der Waals surface area (Å²) < 4.78 is 7.30. The molecule has 0 aliphatic carbocycles. The third-order valence-electron chi connectivity index (χ3n) is 4.94. The summed E-state index contributed by atoms with van der Waals surface area (Å²) >= 11 is 0. The summed E-state index contributed by atoms with van der Waals surface area (Å²) in [6, 6.07) is 21.0. The molecule has 2 amide bonds. The zero-order valence-corrected chi connectivity index (χ0v) is 16.5. The Morgan fingerprint density at radius 3 is 2.67 bits per heavy atom. The molecular weight excluding hydrogens is 378 g/mol. The Morgan fingerprint density at radius 2 is 1.80 bits per heavy atom. The first-order valence-electron chi connectivity index (χ1n) is 9.89. The molecule has 0 saturated heterocycles. The van der Waals surface area contributed by atoms with Gasteiger partial charge in [0.15, 0.2) is 0 Å². The molecule has 0 spiro atoms.